The van der Waals surface area contributed by atoms with E-state index in [1.165, 1.54) is 12.8 Å². The average molecular weight is 347 g/mol. The Morgan fingerprint density at radius 2 is 2.00 bits per heavy atom. The zero-order chi connectivity index (χ0) is 17.4. The van der Waals surface area contributed by atoms with Crippen LogP contribution in [0.2, 0.25) is 0 Å². The lowest BCUT2D eigenvalue weighted by Gasteiger charge is -2.35. The molecule has 136 valence electrons. The summed E-state index contributed by atoms with van der Waals surface area (Å²) in [6.45, 7) is 6.87. The van der Waals surface area contributed by atoms with Crippen molar-refractivity contribution < 1.29 is 14.1 Å². The lowest BCUT2D eigenvalue weighted by atomic mass is 10.1. The largest absolute Gasteiger partial charge is 0.342 e. The van der Waals surface area contributed by atoms with E-state index in [1.54, 1.807) is 6.92 Å². The zero-order valence-corrected chi connectivity index (χ0v) is 14.7. The maximum atomic E-state index is 12.8. The van der Waals surface area contributed by atoms with E-state index in [2.05, 4.69) is 15.0 Å². The third kappa shape index (κ3) is 3.84. The van der Waals surface area contributed by atoms with E-state index in [9.17, 15) is 9.59 Å². The number of aromatic nitrogens is 2. The van der Waals surface area contributed by atoms with Crippen molar-refractivity contribution >= 4 is 11.8 Å². The van der Waals surface area contributed by atoms with Gasteiger partial charge in [0.1, 0.15) is 0 Å². The summed E-state index contributed by atoms with van der Waals surface area (Å²) in [6.07, 6.45) is 2.84. The van der Waals surface area contributed by atoms with Crippen LogP contribution in [0, 0.1) is 18.8 Å². The molecule has 4 rings (SSSR count). The Balaban J connectivity index is 1.25. The molecule has 2 saturated heterocycles. The first-order valence-corrected chi connectivity index (χ1v) is 9.16. The molecule has 1 atom stereocenters. The van der Waals surface area contributed by atoms with E-state index in [-0.39, 0.29) is 17.7 Å². The van der Waals surface area contributed by atoms with E-state index < -0.39 is 0 Å². The number of carbonyl (C=O) groups excluding carboxylic acids is 2. The lowest BCUT2D eigenvalue weighted by Crippen LogP contribution is -2.50. The number of amides is 2. The first-order valence-electron chi connectivity index (χ1n) is 9.16. The average Bonchev–Trinajstić information content (AvgIpc) is 3.22. The molecule has 1 aliphatic carbocycles. The number of nitrogens with zero attached hydrogens (tertiary/aromatic N) is 5. The van der Waals surface area contributed by atoms with Gasteiger partial charge in [-0.2, -0.15) is 4.98 Å². The fraction of sp³-hybridized carbons (Fsp3) is 0.765. The molecule has 1 aromatic heterocycles. The molecule has 1 aromatic rings. The normalized spacial score (nSPS) is 25.0. The minimum Gasteiger partial charge on any atom is -0.342 e. The summed E-state index contributed by atoms with van der Waals surface area (Å²) in [6, 6.07) is 0. The van der Waals surface area contributed by atoms with Crippen molar-refractivity contribution in [3.05, 3.63) is 11.7 Å². The topological polar surface area (TPSA) is 82.8 Å². The standard InChI is InChI=1S/C17H25N5O3/c1-12-18-15(19-25-12)11-20-4-6-21(7-5-20)17(24)14-8-16(23)22(10-14)9-13-2-3-13/h13-14H,2-11H2,1H3. The summed E-state index contributed by atoms with van der Waals surface area (Å²) >= 11 is 0. The van der Waals surface area contributed by atoms with Gasteiger partial charge in [0.25, 0.3) is 0 Å². The molecule has 1 unspecified atom stereocenters. The summed E-state index contributed by atoms with van der Waals surface area (Å²) in [5.41, 5.74) is 0. The highest BCUT2D eigenvalue weighted by molar-refractivity contribution is 5.89. The van der Waals surface area contributed by atoms with Crippen molar-refractivity contribution in [2.24, 2.45) is 11.8 Å². The molecular formula is C17H25N5O3. The molecule has 0 bridgehead atoms. The molecule has 0 radical (unpaired) electrons. The highest BCUT2D eigenvalue weighted by atomic mass is 16.5. The van der Waals surface area contributed by atoms with Crippen molar-refractivity contribution in [2.45, 2.75) is 32.7 Å². The van der Waals surface area contributed by atoms with E-state index in [0.717, 1.165) is 19.6 Å². The van der Waals surface area contributed by atoms with E-state index >= 15 is 0 Å². The van der Waals surface area contributed by atoms with Gasteiger partial charge in [-0.05, 0) is 18.8 Å². The smallest absolute Gasteiger partial charge is 0.228 e. The van der Waals surface area contributed by atoms with Crippen LogP contribution < -0.4 is 0 Å². The minimum absolute atomic E-state index is 0.140. The minimum atomic E-state index is -0.155. The van der Waals surface area contributed by atoms with Gasteiger partial charge in [0.15, 0.2) is 5.82 Å². The monoisotopic (exact) mass is 347 g/mol. The van der Waals surface area contributed by atoms with Gasteiger partial charge in [-0.15, -0.1) is 0 Å². The van der Waals surface area contributed by atoms with Gasteiger partial charge < -0.3 is 14.3 Å². The third-order valence-corrected chi connectivity index (χ3v) is 5.36. The second-order valence-electron chi connectivity index (χ2n) is 7.47. The van der Waals surface area contributed by atoms with Crippen LogP contribution >= 0.6 is 0 Å². The van der Waals surface area contributed by atoms with Crippen LogP contribution in [0.25, 0.3) is 0 Å². The van der Waals surface area contributed by atoms with Gasteiger partial charge >= 0.3 is 0 Å². The molecule has 0 aromatic carbocycles. The molecule has 3 aliphatic rings. The Labute approximate surface area is 147 Å². The SMILES string of the molecule is Cc1nc(CN2CCN(C(=O)C3CC(=O)N(CC4CC4)C3)CC2)no1. The molecule has 3 heterocycles. The predicted molar refractivity (Wildman–Crippen MR) is 88.3 cm³/mol. The second kappa shape index (κ2) is 6.74. The highest BCUT2D eigenvalue weighted by Gasteiger charge is 2.39. The number of rotatable bonds is 5. The first kappa shape index (κ1) is 16.5. The van der Waals surface area contributed by atoms with E-state index in [4.69, 9.17) is 4.52 Å². The molecule has 2 amide bonds. The van der Waals surface area contributed by atoms with Crippen LogP contribution in [0.5, 0.6) is 0 Å². The summed E-state index contributed by atoms with van der Waals surface area (Å²) in [4.78, 5) is 35.1. The number of carbonyl (C=O) groups is 2. The van der Waals surface area contributed by atoms with Crippen LogP contribution in [0.3, 0.4) is 0 Å². The molecular weight excluding hydrogens is 322 g/mol. The van der Waals surface area contributed by atoms with Crippen LogP contribution in [0.1, 0.15) is 31.0 Å². The van der Waals surface area contributed by atoms with E-state index in [0.29, 0.717) is 50.2 Å². The van der Waals surface area contributed by atoms with Gasteiger partial charge in [-0.25, -0.2) is 0 Å². The molecule has 2 aliphatic heterocycles. The maximum absolute atomic E-state index is 12.8. The second-order valence-corrected chi connectivity index (χ2v) is 7.47. The summed E-state index contributed by atoms with van der Waals surface area (Å²) in [5, 5.41) is 3.92. The number of aryl methyl sites for hydroxylation is 1. The quantitative estimate of drug-likeness (QED) is 0.761. The number of hydrogen-bond acceptors (Lipinski definition) is 6. The van der Waals surface area contributed by atoms with Gasteiger partial charge in [-0.1, -0.05) is 5.16 Å². The number of hydrogen-bond donors (Lipinski definition) is 0. The Morgan fingerprint density at radius 1 is 1.24 bits per heavy atom. The zero-order valence-electron chi connectivity index (χ0n) is 14.7. The molecule has 8 heteroatoms. The van der Waals surface area contributed by atoms with Crippen molar-refractivity contribution in [2.75, 3.05) is 39.3 Å². The first-order chi connectivity index (χ1) is 12.1. The van der Waals surface area contributed by atoms with Crippen LogP contribution in [0.15, 0.2) is 4.52 Å². The number of piperazine rings is 1. The molecule has 0 N–H and O–H groups in total. The predicted octanol–water partition coefficient (Wildman–Crippen LogP) is 0.281. The Morgan fingerprint density at radius 3 is 2.64 bits per heavy atom. The van der Waals surface area contributed by atoms with Gasteiger partial charge in [0, 0.05) is 52.6 Å². The lowest BCUT2D eigenvalue weighted by molar-refractivity contribution is -0.137. The Kier molecular flexibility index (Phi) is 4.45. The summed E-state index contributed by atoms with van der Waals surface area (Å²) in [5.74, 6) is 2.07. The van der Waals surface area contributed by atoms with Gasteiger partial charge in [-0.3, -0.25) is 14.5 Å². The molecule has 3 fully saturated rings. The maximum Gasteiger partial charge on any atom is 0.228 e. The van der Waals surface area contributed by atoms with Crippen molar-refractivity contribution in [3.8, 4) is 0 Å². The van der Waals surface area contributed by atoms with Gasteiger partial charge in [0.05, 0.1) is 12.5 Å². The van der Waals surface area contributed by atoms with E-state index in [1.807, 2.05) is 9.80 Å². The van der Waals surface area contributed by atoms with Crippen molar-refractivity contribution in [1.82, 2.24) is 24.8 Å². The molecule has 0 spiro atoms. The fourth-order valence-electron chi connectivity index (χ4n) is 3.72. The van der Waals surface area contributed by atoms with Crippen LogP contribution in [0.4, 0.5) is 0 Å². The molecule has 25 heavy (non-hydrogen) atoms. The summed E-state index contributed by atoms with van der Waals surface area (Å²) in [7, 11) is 0. The third-order valence-electron chi connectivity index (χ3n) is 5.36. The number of likely N-dealkylation sites (tertiary alicyclic amines) is 1. The fourth-order valence-corrected chi connectivity index (χ4v) is 3.72. The molecule has 8 nitrogen and oxygen atoms in total. The Bertz CT molecular complexity index is 648. The van der Waals surface area contributed by atoms with Gasteiger partial charge in [0.2, 0.25) is 17.7 Å². The Hall–Kier alpha value is -1.96. The van der Waals surface area contributed by atoms with Crippen molar-refractivity contribution in [3.63, 3.8) is 0 Å². The van der Waals surface area contributed by atoms with Crippen LogP contribution in [-0.2, 0) is 16.1 Å². The highest BCUT2D eigenvalue weighted by Crippen LogP contribution is 2.32. The summed E-state index contributed by atoms with van der Waals surface area (Å²) < 4.78 is 5.00. The van der Waals surface area contributed by atoms with Crippen molar-refractivity contribution in [1.29, 1.82) is 0 Å². The van der Waals surface area contributed by atoms with Crippen LogP contribution in [-0.4, -0.2) is 75.9 Å². The molecule has 1 saturated carbocycles.